The lowest BCUT2D eigenvalue weighted by atomic mass is 9.95. The number of carbonyl (C=O) groups is 2. The van der Waals surface area contributed by atoms with Crippen LogP contribution >= 0.6 is 0 Å². The zero-order valence-electron chi connectivity index (χ0n) is 23.6. The quantitative estimate of drug-likeness (QED) is 0.0609. The van der Waals surface area contributed by atoms with Crippen molar-refractivity contribution >= 4 is 11.9 Å². The van der Waals surface area contributed by atoms with E-state index in [0.717, 1.165) is 12.8 Å². The number of unbranched alkanes of at least 4 members (excludes halogenated alkanes) is 14. The maximum Gasteiger partial charge on any atom is 0.358 e. The second-order valence-corrected chi connectivity index (χ2v) is 9.95. The van der Waals surface area contributed by atoms with Crippen molar-refractivity contribution in [3.8, 4) is 0 Å². The molecule has 0 aromatic carbocycles. The molecule has 1 atom stereocenters. The van der Waals surface area contributed by atoms with Gasteiger partial charge in [-0.2, -0.15) is 5.48 Å². The van der Waals surface area contributed by atoms with Gasteiger partial charge in [0.05, 0.1) is 6.61 Å². The summed E-state index contributed by atoms with van der Waals surface area (Å²) < 4.78 is 5.92. The Morgan fingerprint density at radius 3 is 1.83 bits per heavy atom. The molecule has 0 radical (unpaired) electrons. The second kappa shape index (κ2) is 23.7. The molecule has 0 aliphatic rings. The summed E-state index contributed by atoms with van der Waals surface area (Å²) in [5.41, 5.74) is 1.21. The third kappa shape index (κ3) is 17.7. The summed E-state index contributed by atoms with van der Waals surface area (Å²) in [5.74, 6) is -1.20. The van der Waals surface area contributed by atoms with Crippen molar-refractivity contribution in [1.29, 1.82) is 0 Å². The Bertz CT molecular complexity index is 604. The van der Waals surface area contributed by atoms with E-state index in [2.05, 4.69) is 19.0 Å². The average Bonchev–Trinajstić information content (AvgIpc) is 2.86. The van der Waals surface area contributed by atoms with Gasteiger partial charge in [0.15, 0.2) is 5.60 Å². The van der Waals surface area contributed by atoms with Crippen molar-refractivity contribution in [1.82, 2.24) is 5.48 Å². The first-order valence-electron chi connectivity index (χ1n) is 14.5. The highest BCUT2D eigenvalue weighted by atomic mass is 16.7. The van der Waals surface area contributed by atoms with Crippen molar-refractivity contribution in [2.24, 2.45) is 0 Å². The Hall–Kier alpha value is -1.66. The third-order valence-electron chi connectivity index (χ3n) is 6.36. The van der Waals surface area contributed by atoms with E-state index < -0.39 is 17.5 Å². The van der Waals surface area contributed by atoms with Crippen LogP contribution in [0.4, 0.5) is 0 Å². The fourth-order valence-corrected chi connectivity index (χ4v) is 4.15. The van der Waals surface area contributed by atoms with Crippen LogP contribution in [0.25, 0.3) is 0 Å². The fourth-order valence-electron chi connectivity index (χ4n) is 4.15. The van der Waals surface area contributed by atoms with Gasteiger partial charge in [0.2, 0.25) is 0 Å². The highest BCUT2D eigenvalue weighted by molar-refractivity contribution is 5.91. The second-order valence-electron chi connectivity index (χ2n) is 9.95. The molecule has 0 bridgehead atoms. The van der Waals surface area contributed by atoms with Crippen molar-refractivity contribution in [2.75, 3.05) is 13.2 Å². The van der Waals surface area contributed by atoms with Gasteiger partial charge in [-0.05, 0) is 38.7 Å². The van der Waals surface area contributed by atoms with E-state index in [4.69, 9.17) is 14.7 Å². The molecule has 0 aliphatic heterocycles. The lowest BCUT2D eigenvalue weighted by Gasteiger charge is -2.29. The molecule has 0 aromatic heterocycles. The minimum Gasteiger partial charge on any atom is -0.396 e. The first-order chi connectivity index (χ1) is 17.4. The van der Waals surface area contributed by atoms with Crippen LogP contribution in [0.15, 0.2) is 24.3 Å². The van der Waals surface area contributed by atoms with Gasteiger partial charge in [-0.25, -0.2) is 4.79 Å². The van der Waals surface area contributed by atoms with Crippen molar-refractivity contribution in [3.63, 3.8) is 0 Å². The zero-order chi connectivity index (χ0) is 26.9. The summed E-state index contributed by atoms with van der Waals surface area (Å²) in [5, 5.41) is 9.12. The first kappa shape index (κ1) is 34.3. The number of aliphatic hydroxyl groups excluding tert-OH is 1. The van der Waals surface area contributed by atoms with Crippen LogP contribution in [0.5, 0.6) is 0 Å². The monoisotopic (exact) mass is 509 g/mol. The number of nitrogens with one attached hydrogen (secondary N) is 1. The van der Waals surface area contributed by atoms with E-state index in [-0.39, 0.29) is 18.8 Å². The summed E-state index contributed by atoms with van der Waals surface area (Å²) in [4.78, 5) is 29.4. The van der Waals surface area contributed by atoms with Crippen LogP contribution in [0, 0.1) is 0 Å². The van der Waals surface area contributed by atoms with Crippen LogP contribution in [0.3, 0.4) is 0 Å². The maximum atomic E-state index is 12.9. The molecule has 1 unspecified atom stereocenters. The minimum atomic E-state index is -1.23. The van der Waals surface area contributed by atoms with E-state index in [0.29, 0.717) is 19.3 Å². The van der Waals surface area contributed by atoms with Crippen molar-refractivity contribution in [3.05, 3.63) is 24.3 Å². The highest BCUT2D eigenvalue weighted by Gasteiger charge is 2.37. The predicted molar refractivity (Wildman–Crippen MR) is 148 cm³/mol. The molecule has 1 amide bonds. The van der Waals surface area contributed by atoms with Crippen molar-refractivity contribution in [2.45, 2.75) is 142 Å². The van der Waals surface area contributed by atoms with Crippen molar-refractivity contribution < 1.29 is 24.3 Å². The number of hydroxylamine groups is 1. The Morgan fingerprint density at radius 1 is 0.833 bits per heavy atom. The van der Waals surface area contributed by atoms with Crippen LogP contribution in [0.2, 0.25) is 0 Å². The molecule has 0 saturated carbocycles. The molecule has 0 heterocycles. The molecule has 0 aromatic rings. The van der Waals surface area contributed by atoms with Gasteiger partial charge < -0.3 is 14.7 Å². The van der Waals surface area contributed by atoms with E-state index in [9.17, 15) is 9.59 Å². The lowest BCUT2D eigenvalue weighted by molar-refractivity contribution is -0.165. The smallest absolute Gasteiger partial charge is 0.358 e. The molecule has 0 rings (SSSR count). The number of allylic oxidation sites excluding steroid dienone is 1. The molecule has 6 heteroatoms. The molecule has 36 heavy (non-hydrogen) atoms. The molecule has 2 N–H and O–H groups in total. The third-order valence-corrected chi connectivity index (χ3v) is 6.36. The van der Waals surface area contributed by atoms with Gasteiger partial charge in [0.1, 0.15) is 0 Å². The fraction of sp³-hybridized carbons (Fsp3) is 0.800. The highest BCUT2D eigenvalue weighted by Crippen LogP contribution is 2.23. The Kier molecular flexibility index (Phi) is 22.6. The molecule has 210 valence electrons. The Labute approximate surface area is 221 Å². The topological polar surface area (TPSA) is 84.9 Å². The summed E-state index contributed by atoms with van der Waals surface area (Å²) in [6, 6.07) is 0. The largest absolute Gasteiger partial charge is 0.396 e. The standard InChI is InChI=1S/C30H55NO5/c1-5-7-8-9-10-11-12-13-14-15-16-17-18-19-20-21-24-30(23-6-2,35-26-22-25-32)29(34)31-36-28(33)27(3)4/h21,24,32H,3,5-20,22-23,25-26H2,1-2,4H3,(H,31,34). The first-order valence-corrected chi connectivity index (χ1v) is 14.5. The van der Waals surface area contributed by atoms with Crippen LogP contribution in [-0.2, 0) is 19.2 Å². The number of aliphatic hydroxyl groups is 1. The Morgan fingerprint density at radius 2 is 1.36 bits per heavy atom. The van der Waals surface area contributed by atoms with E-state index in [1.165, 1.54) is 90.4 Å². The van der Waals surface area contributed by atoms with E-state index in [1.54, 1.807) is 6.08 Å². The summed E-state index contributed by atoms with van der Waals surface area (Å²) in [6.07, 6.45) is 24.8. The van der Waals surface area contributed by atoms with Gasteiger partial charge >= 0.3 is 5.97 Å². The molecule has 0 spiro atoms. The summed E-state index contributed by atoms with van der Waals surface area (Å²) in [6.45, 7) is 9.49. The molecule has 0 aliphatic carbocycles. The van der Waals surface area contributed by atoms with Gasteiger partial charge in [-0.3, -0.25) is 4.79 Å². The summed E-state index contributed by atoms with van der Waals surface area (Å²) >= 11 is 0. The van der Waals surface area contributed by atoms with Gasteiger partial charge in [-0.1, -0.05) is 116 Å². The number of hydrogen-bond acceptors (Lipinski definition) is 5. The number of hydrogen-bond donors (Lipinski definition) is 2. The van der Waals surface area contributed by atoms with E-state index in [1.807, 2.05) is 13.0 Å². The van der Waals surface area contributed by atoms with Crippen LogP contribution in [0.1, 0.15) is 136 Å². The summed E-state index contributed by atoms with van der Waals surface area (Å²) in [7, 11) is 0. The average molecular weight is 510 g/mol. The number of rotatable bonds is 24. The Balaban J connectivity index is 4.31. The molecule has 6 nitrogen and oxygen atoms in total. The maximum absolute atomic E-state index is 12.9. The SMILES string of the molecule is C=C(C)C(=O)ONC(=O)C(C=CCCCCCCCCCCCCCCCC)(CCC)OCCCO. The van der Waals surface area contributed by atoms with Crippen LogP contribution in [-0.4, -0.2) is 35.8 Å². The normalized spacial score (nSPS) is 13.0. The molecular weight excluding hydrogens is 454 g/mol. The molecule has 0 fully saturated rings. The van der Waals surface area contributed by atoms with Gasteiger partial charge in [0, 0.05) is 12.2 Å². The lowest BCUT2D eigenvalue weighted by Crippen LogP contribution is -2.48. The van der Waals surface area contributed by atoms with E-state index >= 15 is 0 Å². The number of carbonyl (C=O) groups excluding carboxylic acids is 2. The van der Waals surface area contributed by atoms with Gasteiger partial charge in [-0.15, -0.1) is 0 Å². The zero-order valence-corrected chi connectivity index (χ0v) is 23.6. The number of ether oxygens (including phenoxy) is 1. The minimum absolute atomic E-state index is 0.0166. The molecule has 0 saturated heterocycles. The number of amides is 1. The van der Waals surface area contributed by atoms with Crippen LogP contribution < -0.4 is 5.48 Å². The molecular formula is C30H55NO5. The van der Waals surface area contributed by atoms with Gasteiger partial charge in [0.25, 0.3) is 5.91 Å². The predicted octanol–water partition coefficient (Wildman–Crippen LogP) is 7.50.